The fourth-order valence-corrected chi connectivity index (χ4v) is 4.97. The second-order valence-electron chi connectivity index (χ2n) is 8.05. The number of carbonyl (C=O) groups excluding carboxylic acids is 1. The lowest BCUT2D eigenvalue weighted by Crippen LogP contribution is -2.34. The molecule has 1 aromatic heterocycles. The Bertz CT molecular complexity index is 1170. The lowest BCUT2D eigenvalue weighted by molar-refractivity contribution is -0.123. The maximum Gasteiger partial charge on any atom is 0.266 e. The van der Waals surface area contributed by atoms with Crippen LogP contribution in [0.1, 0.15) is 33.3 Å². The monoisotopic (exact) mass is 463 g/mol. The van der Waals surface area contributed by atoms with Crippen LogP contribution in [0.15, 0.2) is 65.7 Å². The summed E-state index contributed by atoms with van der Waals surface area (Å²) in [5, 5.41) is 4.85. The molecule has 3 aromatic rings. The standard InChI is InChI=1S/C25H25N3O2S2/c1-16(2)28-24(29)22(32-25(28)31)14-19-15-27(20-8-6-5-7-9-20)26-23(19)18-10-12-21(13-11-18)30-17(3)4/h5-17H,1-4H3/b22-14-. The lowest BCUT2D eigenvalue weighted by atomic mass is 10.1. The molecular formula is C25H25N3O2S2. The molecule has 4 rings (SSSR count). The van der Waals surface area contributed by atoms with Gasteiger partial charge < -0.3 is 4.74 Å². The van der Waals surface area contributed by atoms with Gasteiger partial charge >= 0.3 is 0 Å². The summed E-state index contributed by atoms with van der Waals surface area (Å²) in [6.45, 7) is 7.93. The van der Waals surface area contributed by atoms with E-state index in [0.29, 0.717) is 9.23 Å². The van der Waals surface area contributed by atoms with Crippen molar-refractivity contribution in [1.82, 2.24) is 14.7 Å². The molecule has 1 aliphatic rings. The van der Waals surface area contributed by atoms with Gasteiger partial charge in [-0.2, -0.15) is 5.10 Å². The van der Waals surface area contributed by atoms with Gasteiger partial charge in [-0.05, 0) is 70.2 Å². The molecule has 2 aromatic carbocycles. The van der Waals surface area contributed by atoms with Crippen molar-refractivity contribution in [2.75, 3.05) is 0 Å². The molecule has 1 aliphatic heterocycles. The van der Waals surface area contributed by atoms with Gasteiger partial charge in [0, 0.05) is 23.4 Å². The van der Waals surface area contributed by atoms with E-state index in [4.69, 9.17) is 22.1 Å². The SMILES string of the molecule is CC(C)Oc1ccc(-c2nn(-c3ccccc3)cc2/C=C2\SC(=S)N(C(C)C)C2=O)cc1. The van der Waals surface area contributed by atoms with Crippen LogP contribution in [-0.4, -0.2) is 37.1 Å². The van der Waals surface area contributed by atoms with Crippen LogP contribution in [-0.2, 0) is 4.79 Å². The Morgan fingerprint density at radius 1 is 1.03 bits per heavy atom. The predicted molar refractivity (Wildman–Crippen MR) is 135 cm³/mol. The zero-order chi connectivity index (χ0) is 22.8. The first kappa shape index (κ1) is 22.3. The number of thiocarbonyl (C=S) groups is 1. The number of hydrogen-bond donors (Lipinski definition) is 0. The van der Waals surface area contributed by atoms with E-state index in [1.807, 2.05) is 99.2 Å². The third-order valence-corrected chi connectivity index (χ3v) is 6.22. The summed E-state index contributed by atoms with van der Waals surface area (Å²) in [5.41, 5.74) is 3.54. The van der Waals surface area contributed by atoms with Crippen LogP contribution in [0.2, 0.25) is 0 Å². The highest BCUT2D eigenvalue weighted by molar-refractivity contribution is 8.26. The largest absolute Gasteiger partial charge is 0.491 e. The van der Waals surface area contributed by atoms with Crippen LogP contribution in [0.25, 0.3) is 23.0 Å². The van der Waals surface area contributed by atoms with Crippen LogP contribution >= 0.6 is 24.0 Å². The van der Waals surface area contributed by atoms with Crippen LogP contribution < -0.4 is 4.74 Å². The Kier molecular flexibility index (Phi) is 6.48. The van der Waals surface area contributed by atoms with E-state index in [9.17, 15) is 4.79 Å². The van der Waals surface area contributed by atoms with E-state index < -0.39 is 0 Å². The molecule has 0 unspecified atom stereocenters. The van der Waals surface area contributed by atoms with Gasteiger partial charge in [0.1, 0.15) is 10.1 Å². The highest BCUT2D eigenvalue weighted by Gasteiger charge is 2.34. The third kappa shape index (κ3) is 4.64. The second kappa shape index (κ2) is 9.30. The molecule has 0 spiro atoms. The molecule has 0 saturated carbocycles. The maximum absolute atomic E-state index is 12.9. The number of nitrogens with zero attached hydrogens (tertiary/aromatic N) is 3. The van der Waals surface area contributed by atoms with Gasteiger partial charge in [0.25, 0.3) is 5.91 Å². The molecule has 1 amide bonds. The van der Waals surface area contributed by atoms with Gasteiger partial charge in [0.15, 0.2) is 0 Å². The van der Waals surface area contributed by atoms with Gasteiger partial charge in [0.05, 0.1) is 22.4 Å². The first-order valence-corrected chi connectivity index (χ1v) is 11.7. The van der Waals surface area contributed by atoms with Gasteiger partial charge in [-0.25, -0.2) is 4.68 Å². The van der Waals surface area contributed by atoms with Gasteiger partial charge in [-0.3, -0.25) is 9.69 Å². The second-order valence-corrected chi connectivity index (χ2v) is 9.73. The van der Waals surface area contributed by atoms with E-state index in [0.717, 1.165) is 28.3 Å². The summed E-state index contributed by atoms with van der Waals surface area (Å²) >= 11 is 6.77. The topological polar surface area (TPSA) is 47.4 Å². The minimum absolute atomic E-state index is 0.0217. The van der Waals surface area contributed by atoms with Crippen molar-refractivity contribution in [3.63, 3.8) is 0 Å². The number of rotatable bonds is 6. The minimum atomic E-state index is -0.0610. The highest BCUT2D eigenvalue weighted by atomic mass is 32.2. The summed E-state index contributed by atoms with van der Waals surface area (Å²) in [7, 11) is 0. The predicted octanol–water partition coefficient (Wildman–Crippen LogP) is 5.94. The molecule has 7 heteroatoms. The molecule has 0 radical (unpaired) electrons. The molecule has 0 aliphatic carbocycles. The molecule has 0 atom stereocenters. The number of carbonyl (C=O) groups is 1. The van der Waals surface area contributed by atoms with Crippen molar-refractivity contribution in [2.24, 2.45) is 0 Å². The molecule has 164 valence electrons. The Hall–Kier alpha value is -2.90. The molecule has 1 fully saturated rings. The fourth-order valence-electron chi connectivity index (χ4n) is 3.46. The molecule has 32 heavy (non-hydrogen) atoms. The lowest BCUT2D eigenvalue weighted by Gasteiger charge is -2.18. The number of thioether (sulfide) groups is 1. The zero-order valence-electron chi connectivity index (χ0n) is 18.5. The average molecular weight is 464 g/mol. The smallest absolute Gasteiger partial charge is 0.266 e. The van der Waals surface area contributed by atoms with Crippen LogP contribution in [0.3, 0.4) is 0 Å². The van der Waals surface area contributed by atoms with Gasteiger partial charge in [-0.1, -0.05) is 42.2 Å². The molecule has 1 saturated heterocycles. The summed E-state index contributed by atoms with van der Waals surface area (Å²) in [5.74, 6) is 0.750. The van der Waals surface area contributed by atoms with Crippen molar-refractivity contribution in [3.05, 3.63) is 71.3 Å². The zero-order valence-corrected chi connectivity index (χ0v) is 20.1. The van der Waals surface area contributed by atoms with Crippen LogP contribution in [0.5, 0.6) is 5.75 Å². The van der Waals surface area contributed by atoms with Crippen molar-refractivity contribution < 1.29 is 9.53 Å². The van der Waals surface area contributed by atoms with Gasteiger partial charge in [0.2, 0.25) is 0 Å². The maximum atomic E-state index is 12.9. The quantitative estimate of drug-likeness (QED) is 0.335. The Labute approximate surface area is 198 Å². The van der Waals surface area contributed by atoms with E-state index >= 15 is 0 Å². The normalized spacial score (nSPS) is 15.4. The average Bonchev–Trinajstić information content (AvgIpc) is 3.29. The molecule has 5 nitrogen and oxygen atoms in total. The van der Waals surface area contributed by atoms with Crippen molar-refractivity contribution in [3.8, 4) is 22.7 Å². The summed E-state index contributed by atoms with van der Waals surface area (Å²) in [4.78, 5) is 15.2. The van der Waals surface area contributed by atoms with Crippen molar-refractivity contribution in [1.29, 1.82) is 0 Å². The number of para-hydroxylation sites is 1. The molecule has 0 N–H and O–H groups in total. The van der Waals surface area contributed by atoms with Crippen LogP contribution in [0, 0.1) is 0 Å². The van der Waals surface area contributed by atoms with Crippen molar-refractivity contribution in [2.45, 2.75) is 39.8 Å². The molecule has 0 bridgehead atoms. The highest BCUT2D eigenvalue weighted by Crippen LogP contribution is 2.36. The molecule has 2 heterocycles. The first-order valence-electron chi connectivity index (χ1n) is 10.5. The molecular weight excluding hydrogens is 438 g/mol. The van der Waals surface area contributed by atoms with E-state index in [1.54, 1.807) is 4.90 Å². The number of hydrogen-bond acceptors (Lipinski definition) is 5. The van der Waals surface area contributed by atoms with E-state index in [2.05, 4.69) is 0 Å². The van der Waals surface area contributed by atoms with E-state index in [-0.39, 0.29) is 18.1 Å². The Balaban J connectivity index is 1.77. The number of benzene rings is 2. The summed E-state index contributed by atoms with van der Waals surface area (Å²) in [6, 6.07) is 17.8. The summed E-state index contributed by atoms with van der Waals surface area (Å²) < 4.78 is 8.19. The Morgan fingerprint density at radius 3 is 2.31 bits per heavy atom. The number of aromatic nitrogens is 2. The number of ether oxygens (including phenoxy) is 1. The van der Waals surface area contributed by atoms with Crippen LogP contribution in [0.4, 0.5) is 0 Å². The summed E-state index contributed by atoms with van der Waals surface area (Å²) in [6.07, 6.45) is 3.95. The number of amides is 1. The third-order valence-electron chi connectivity index (χ3n) is 4.89. The first-order chi connectivity index (χ1) is 15.3. The van der Waals surface area contributed by atoms with Crippen molar-refractivity contribution >= 4 is 40.3 Å². The van der Waals surface area contributed by atoms with Gasteiger partial charge in [-0.15, -0.1) is 0 Å². The Morgan fingerprint density at radius 2 is 1.72 bits per heavy atom. The minimum Gasteiger partial charge on any atom is -0.491 e. The fraction of sp³-hybridized carbons (Fsp3) is 0.240. The van der Waals surface area contributed by atoms with E-state index in [1.165, 1.54) is 11.8 Å².